The first-order chi connectivity index (χ1) is 16.0. The zero-order chi connectivity index (χ0) is 22.9. The summed E-state index contributed by atoms with van der Waals surface area (Å²) in [6.07, 6.45) is 8.98. The summed E-state index contributed by atoms with van der Waals surface area (Å²) >= 11 is 0. The topological polar surface area (TPSA) is 130 Å². The predicted molar refractivity (Wildman–Crippen MR) is 126 cm³/mol. The van der Waals surface area contributed by atoms with E-state index in [0.29, 0.717) is 23.6 Å². The van der Waals surface area contributed by atoms with Crippen LogP contribution in [0, 0.1) is 0 Å². The maximum atomic E-state index is 13.2. The number of piperidine rings is 1. The largest absolute Gasteiger partial charge is 0.349 e. The summed E-state index contributed by atoms with van der Waals surface area (Å²) in [6, 6.07) is 3.82. The van der Waals surface area contributed by atoms with Crippen LogP contribution in [0.25, 0.3) is 5.52 Å². The van der Waals surface area contributed by atoms with Crippen LogP contribution in [0.2, 0.25) is 0 Å². The van der Waals surface area contributed by atoms with Gasteiger partial charge in [0.15, 0.2) is 5.82 Å². The minimum atomic E-state index is -0.319. The van der Waals surface area contributed by atoms with Gasteiger partial charge < -0.3 is 31.2 Å². The molecule has 0 radical (unpaired) electrons. The molecular weight excluding hydrogens is 420 g/mol. The summed E-state index contributed by atoms with van der Waals surface area (Å²) in [4.78, 5) is 24.4. The molecule has 0 aromatic carbocycles. The van der Waals surface area contributed by atoms with Crippen LogP contribution in [0.4, 0.5) is 17.6 Å². The van der Waals surface area contributed by atoms with Crippen LogP contribution in [0.15, 0.2) is 30.9 Å². The lowest BCUT2D eigenvalue weighted by Crippen LogP contribution is -2.60. The van der Waals surface area contributed by atoms with E-state index < -0.39 is 0 Å². The lowest BCUT2D eigenvalue weighted by molar-refractivity contribution is -0.123. The number of carbonyl (C=O) groups excluding carboxylic acids is 1. The average Bonchev–Trinajstić information content (AvgIpc) is 3.55. The maximum Gasteiger partial charge on any atom is 0.246 e. The maximum absolute atomic E-state index is 13.2. The third-order valence-corrected chi connectivity index (χ3v) is 6.47. The van der Waals surface area contributed by atoms with Crippen LogP contribution in [-0.2, 0) is 4.79 Å². The molecule has 176 valence electrons. The molecule has 2 fully saturated rings. The van der Waals surface area contributed by atoms with Gasteiger partial charge in [0.1, 0.15) is 17.4 Å². The molecule has 0 unspecified atom stereocenters. The minimum Gasteiger partial charge on any atom is -0.349 e. The molecule has 0 aliphatic carbocycles. The lowest BCUT2D eigenvalue weighted by atomic mass is 10.0. The van der Waals surface area contributed by atoms with Crippen LogP contribution in [0.3, 0.4) is 0 Å². The van der Waals surface area contributed by atoms with Crippen LogP contribution in [0.1, 0.15) is 45.6 Å². The Balaban J connectivity index is 1.39. The smallest absolute Gasteiger partial charge is 0.246 e. The molecule has 2 saturated heterocycles. The van der Waals surface area contributed by atoms with Gasteiger partial charge in [0, 0.05) is 25.0 Å². The van der Waals surface area contributed by atoms with E-state index in [1.54, 1.807) is 10.8 Å². The highest BCUT2D eigenvalue weighted by Gasteiger charge is 2.35. The lowest BCUT2D eigenvalue weighted by Gasteiger charge is -2.32. The molecule has 2 aliphatic rings. The van der Waals surface area contributed by atoms with Crippen LogP contribution in [-0.4, -0.2) is 61.4 Å². The highest BCUT2D eigenvalue weighted by Crippen LogP contribution is 2.27. The quantitative estimate of drug-likeness (QED) is 0.441. The fraction of sp³-hybridized carbons (Fsp3) is 0.545. The molecule has 5 heterocycles. The number of nitrogens with one attached hydrogen (secondary N) is 3. The van der Waals surface area contributed by atoms with Crippen molar-refractivity contribution < 1.29 is 4.79 Å². The number of rotatable bonds is 6. The van der Waals surface area contributed by atoms with E-state index in [4.69, 9.17) is 15.8 Å². The Morgan fingerprint density at radius 3 is 2.97 bits per heavy atom. The average molecular weight is 453 g/mol. The van der Waals surface area contributed by atoms with Gasteiger partial charge in [0.25, 0.3) is 0 Å². The Bertz CT molecular complexity index is 1120. The first kappa shape index (κ1) is 21.7. The van der Waals surface area contributed by atoms with Crippen molar-refractivity contribution in [3.05, 3.63) is 30.9 Å². The Morgan fingerprint density at radius 2 is 2.18 bits per heavy atom. The standard InChI is InChI=1S/C22H32N10O/c1-14(2)30-12-18(25-13-30)27-20-16-7-5-11-32(16)29-22(28-20)31-10-4-8-17(31)21(33)26-15-6-3-9-24-19(15)23/h5,7,11-15,17,19,24H,3-4,6,8-10,23H2,1-2H3,(H,26,33)(H,27,28,29)/t15-,17+,19-/m1/s1. The summed E-state index contributed by atoms with van der Waals surface area (Å²) in [7, 11) is 0. The molecule has 5 rings (SSSR count). The highest BCUT2D eigenvalue weighted by molar-refractivity contribution is 5.86. The Kier molecular flexibility index (Phi) is 5.90. The number of anilines is 3. The van der Waals surface area contributed by atoms with Crippen molar-refractivity contribution in [1.29, 1.82) is 0 Å². The minimum absolute atomic E-state index is 0.0157. The van der Waals surface area contributed by atoms with Crippen molar-refractivity contribution in [1.82, 2.24) is 34.8 Å². The molecule has 33 heavy (non-hydrogen) atoms. The molecule has 3 atom stereocenters. The van der Waals surface area contributed by atoms with Gasteiger partial charge in [-0.15, -0.1) is 5.10 Å². The van der Waals surface area contributed by atoms with Gasteiger partial charge in [-0.05, 0) is 58.2 Å². The molecule has 11 heteroatoms. The first-order valence-electron chi connectivity index (χ1n) is 11.7. The van der Waals surface area contributed by atoms with Gasteiger partial charge in [-0.25, -0.2) is 9.50 Å². The van der Waals surface area contributed by atoms with Crippen molar-refractivity contribution in [2.75, 3.05) is 23.3 Å². The second-order valence-electron chi connectivity index (χ2n) is 9.11. The summed E-state index contributed by atoms with van der Waals surface area (Å²) < 4.78 is 3.82. The number of nitrogens with zero attached hydrogens (tertiary/aromatic N) is 6. The van der Waals surface area contributed by atoms with Crippen molar-refractivity contribution in [2.45, 2.75) is 63.8 Å². The van der Waals surface area contributed by atoms with Gasteiger partial charge >= 0.3 is 0 Å². The molecule has 3 aromatic heterocycles. The number of hydrogen-bond acceptors (Lipinski definition) is 8. The van der Waals surface area contributed by atoms with E-state index in [-0.39, 0.29) is 24.2 Å². The summed E-state index contributed by atoms with van der Waals surface area (Å²) in [5.41, 5.74) is 7.00. The zero-order valence-corrected chi connectivity index (χ0v) is 19.1. The van der Waals surface area contributed by atoms with Gasteiger partial charge in [-0.1, -0.05) is 0 Å². The number of aromatic nitrogens is 5. The van der Waals surface area contributed by atoms with Gasteiger partial charge in [0.05, 0.1) is 18.5 Å². The molecule has 0 spiro atoms. The first-order valence-corrected chi connectivity index (χ1v) is 11.7. The number of fused-ring (bicyclic) bond motifs is 1. The SMILES string of the molecule is CC(C)n1cnc(Nc2nc(N3CCC[C@H]3C(=O)N[C@@H]3CCCN[C@H]3N)nn3cccc23)c1. The number of hydrogen-bond donors (Lipinski definition) is 4. The number of amides is 1. The van der Waals surface area contributed by atoms with E-state index in [2.05, 4.69) is 34.8 Å². The fourth-order valence-corrected chi connectivity index (χ4v) is 4.57. The van der Waals surface area contributed by atoms with Crippen molar-refractivity contribution in [2.24, 2.45) is 5.73 Å². The molecule has 3 aromatic rings. The van der Waals surface area contributed by atoms with Crippen LogP contribution < -0.4 is 26.6 Å². The van der Waals surface area contributed by atoms with E-state index in [1.807, 2.05) is 34.0 Å². The number of imidazole rings is 1. The van der Waals surface area contributed by atoms with Gasteiger partial charge in [-0.2, -0.15) is 4.98 Å². The van der Waals surface area contributed by atoms with Crippen LogP contribution >= 0.6 is 0 Å². The second kappa shape index (κ2) is 8.99. The fourth-order valence-electron chi connectivity index (χ4n) is 4.57. The summed E-state index contributed by atoms with van der Waals surface area (Å²) in [6.45, 7) is 5.82. The van der Waals surface area contributed by atoms with Crippen molar-refractivity contribution >= 4 is 29.0 Å². The third-order valence-electron chi connectivity index (χ3n) is 6.47. The Labute approximate surface area is 192 Å². The van der Waals surface area contributed by atoms with Gasteiger partial charge in [0.2, 0.25) is 11.9 Å². The molecule has 5 N–H and O–H groups in total. The predicted octanol–water partition coefficient (Wildman–Crippen LogP) is 1.37. The molecule has 1 amide bonds. The molecule has 2 aliphatic heterocycles. The molecule has 11 nitrogen and oxygen atoms in total. The zero-order valence-electron chi connectivity index (χ0n) is 19.1. The Hall–Kier alpha value is -3.18. The number of carbonyl (C=O) groups is 1. The van der Waals surface area contributed by atoms with Crippen LogP contribution in [0.5, 0.6) is 0 Å². The normalized spacial score (nSPS) is 23.4. The molecule has 0 bridgehead atoms. The third kappa shape index (κ3) is 4.38. The second-order valence-corrected chi connectivity index (χ2v) is 9.11. The van der Waals surface area contributed by atoms with Crippen molar-refractivity contribution in [3.63, 3.8) is 0 Å². The monoisotopic (exact) mass is 452 g/mol. The van der Waals surface area contributed by atoms with E-state index in [1.165, 1.54) is 0 Å². The van der Waals surface area contributed by atoms with Gasteiger partial charge in [-0.3, -0.25) is 4.79 Å². The number of nitrogens with two attached hydrogens (primary N) is 1. The Morgan fingerprint density at radius 1 is 1.30 bits per heavy atom. The van der Waals surface area contributed by atoms with E-state index in [9.17, 15) is 4.79 Å². The molecular formula is C22H32N10O. The van der Waals surface area contributed by atoms with E-state index >= 15 is 0 Å². The summed E-state index contributed by atoms with van der Waals surface area (Å²) in [5.74, 6) is 1.88. The highest BCUT2D eigenvalue weighted by atomic mass is 16.2. The van der Waals surface area contributed by atoms with E-state index in [0.717, 1.165) is 44.3 Å². The van der Waals surface area contributed by atoms with Crippen molar-refractivity contribution in [3.8, 4) is 0 Å². The molecule has 0 saturated carbocycles. The summed E-state index contributed by atoms with van der Waals surface area (Å²) in [5, 5.41) is 14.4.